The SMILES string of the molecule is Cc1cccc(OCC(=O)O[C@H](C)C(=O)N[C@@H](C)c2ccc(Cl)cc2Cl)c1. The highest BCUT2D eigenvalue weighted by atomic mass is 35.5. The van der Waals surface area contributed by atoms with Gasteiger partial charge in [-0.05, 0) is 56.2 Å². The van der Waals surface area contributed by atoms with Crippen molar-refractivity contribution >= 4 is 35.1 Å². The number of hydrogen-bond donors (Lipinski definition) is 1. The topological polar surface area (TPSA) is 64.6 Å². The molecule has 0 saturated carbocycles. The lowest BCUT2D eigenvalue weighted by Gasteiger charge is -2.19. The molecule has 1 amide bonds. The first kappa shape index (κ1) is 21.1. The first-order valence-electron chi connectivity index (χ1n) is 8.40. The third-order valence-corrected chi connectivity index (χ3v) is 4.37. The predicted molar refractivity (Wildman–Crippen MR) is 105 cm³/mol. The molecule has 0 saturated heterocycles. The van der Waals surface area contributed by atoms with Gasteiger partial charge >= 0.3 is 5.97 Å². The molecule has 0 unspecified atom stereocenters. The highest BCUT2D eigenvalue weighted by molar-refractivity contribution is 6.35. The number of rotatable bonds is 7. The summed E-state index contributed by atoms with van der Waals surface area (Å²) in [6, 6.07) is 12.0. The van der Waals surface area contributed by atoms with Crippen LogP contribution in [0.3, 0.4) is 0 Å². The summed E-state index contributed by atoms with van der Waals surface area (Å²) in [5, 5.41) is 3.72. The van der Waals surface area contributed by atoms with Crippen LogP contribution >= 0.6 is 23.2 Å². The summed E-state index contributed by atoms with van der Waals surface area (Å²) in [6.07, 6.45) is -0.966. The Morgan fingerprint density at radius 3 is 2.52 bits per heavy atom. The van der Waals surface area contributed by atoms with Crippen LogP contribution in [0, 0.1) is 6.92 Å². The number of halogens is 2. The molecular weight excluding hydrogens is 389 g/mol. The zero-order chi connectivity index (χ0) is 20.0. The zero-order valence-corrected chi connectivity index (χ0v) is 16.8. The van der Waals surface area contributed by atoms with E-state index >= 15 is 0 Å². The average molecular weight is 410 g/mol. The summed E-state index contributed by atoms with van der Waals surface area (Å²) in [6.45, 7) is 4.92. The molecule has 0 aliphatic rings. The molecule has 2 aromatic rings. The van der Waals surface area contributed by atoms with Gasteiger partial charge in [0.05, 0.1) is 6.04 Å². The number of carbonyl (C=O) groups excluding carboxylic acids is 2. The molecule has 0 heterocycles. The number of nitrogens with one attached hydrogen (secondary N) is 1. The van der Waals surface area contributed by atoms with E-state index in [1.54, 1.807) is 37.3 Å². The minimum Gasteiger partial charge on any atom is -0.482 e. The lowest BCUT2D eigenvalue weighted by atomic mass is 10.1. The fourth-order valence-electron chi connectivity index (χ4n) is 2.39. The number of amides is 1. The standard InChI is InChI=1S/C20H21Cl2NO4/c1-12-5-4-6-16(9-12)26-11-19(24)27-14(3)20(25)23-13(2)17-8-7-15(21)10-18(17)22/h4-10,13-14H,11H2,1-3H3,(H,23,25)/t13-,14+/m0/s1. The van der Waals surface area contributed by atoms with Gasteiger partial charge in [0.1, 0.15) is 5.75 Å². The fourth-order valence-corrected chi connectivity index (χ4v) is 2.97. The molecular formula is C20H21Cl2NO4. The second-order valence-corrected chi connectivity index (χ2v) is 6.98. The van der Waals surface area contributed by atoms with Gasteiger partial charge in [-0.15, -0.1) is 0 Å². The number of carbonyl (C=O) groups is 2. The lowest BCUT2D eigenvalue weighted by Crippen LogP contribution is -2.38. The van der Waals surface area contributed by atoms with E-state index in [1.165, 1.54) is 6.92 Å². The number of aryl methyl sites for hydroxylation is 1. The molecule has 5 nitrogen and oxygen atoms in total. The van der Waals surface area contributed by atoms with E-state index in [0.717, 1.165) is 11.1 Å². The molecule has 7 heteroatoms. The second-order valence-electron chi connectivity index (χ2n) is 6.13. The molecule has 2 rings (SSSR count). The van der Waals surface area contributed by atoms with Crippen LogP contribution in [-0.4, -0.2) is 24.6 Å². The molecule has 0 aromatic heterocycles. The first-order valence-corrected chi connectivity index (χ1v) is 9.16. The number of hydrogen-bond acceptors (Lipinski definition) is 4. The van der Waals surface area contributed by atoms with Crippen molar-refractivity contribution in [1.82, 2.24) is 5.32 Å². The van der Waals surface area contributed by atoms with Gasteiger partial charge in [0.2, 0.25) is 0 Å². The van der Waals surface area contributed by atoms with Gasteiger partial charge in [-0.1, -0.05) is 41.4 Å². The van der Waals surface area contributed by atoms with E-state index in [4.69, 9.17) is 32.7 Å². The molecule has 0 spiro atoms. The molecule has 2 atom stereocenters. The van der Waals surface area contributed by atoms with Gasteiger partial charge in [0, 0.05) is 10.0 Å². The maximum Gasteiger partial charge on any atom is 0.344 e. The van der Waals surface area contributed by atoms with Crippen molar-refractivity contribution in [1.29, 1.82) is 0 Å². The second kappa shape index (κ2) is 9.62. The van der Waals surface area contributed by atoms with E-state index in [0.29, 0.717) is 15.8 Å². The van der Waals surface area contributed by atoms with E-state index in [2.05, 4.69) is 5.32 Å². The van der Waals surface area contributed by atoms with Gasteiger partial charge in [0.25, 0.3) is 5.91 Å². The van der Waals surface area contributed by atoms with Gasteiger partial charge < -0.3 is 14.8 Å². The van der Waals surface area contributed by atoms with Crippen molar-refractivity contribution in [2.45, 2.75) is 32.9 Å². The maximum atomic E-state index is 12.3. The van der Waals surface area contributed by atoms with E-state index < -0.39 is 18.0 Å². The van der Waals surface area contributed by atoms with E-state index in [-0.39, 0.29) is 12.6 Å². The van der Waals surface area contributed by atoms with Crippen LogP contribution in [0.15, 0.2) is 42.5 Å². The largest absolute Gasteiger partial charge is 0.482 e. The molecule has 1 N–H and O–H groups in total. The average Bonchev–Trinajstić information content (AvgIpc) is 2.59. The van der Waals surface area contributed by atoms with Crippen LogP contribution < -0.4 is 10.1 Å². The molecule has 2 aromatic carbocycles. The maximum absolute atomic E-state index is 12.3. The zero-order valence-electron chi connectivity index (χ0n) is 15.3. The monoisotopic (exact) mass is 409 g/mol. The summed E-state index contributed by atoms with van der Waals surface area (Å²) in [7, 11) is 0. The smallest absolute Gasteiger partial charge is 0.344 e. The van der Waals surface area contributed by atoms with Crippen molar-refractivity contribution < 1.29 is 19.1 Å². The van der Waals surface area contributed by atoms with Crippen molar-refractivity contribution in [2.24, 2.45) is 0 Å². The Morgan fingerprint density at radius 2 is 1.85 bits per heavy atom. The Kier molecular flexibility index (Phi) is 7.51. The van der Waals surface area contributed by atoms with Gasteiger partial charge in [0.15, 0.2) is 12.7 Å². The van der Waals surface area contributed by atoms with E-state index in [9.17, 15) is 9.59 Å². The normalized spacial score (nSPS) is 12.8. The minimum absolute atomic E-state index is 0.278. The van der Waals surface area contributed by atoms with Crippen molar-refractivity contribution in [3.8, 4) is 5.75 Å². The Morgan fingerprint density at radius 1 is 1.11 bits per heavy atom. The van der Waals surface area contributed by atoms with Crippen LogP contribution in [0.4, 0.5) is 0 Å². The molecule has 27 heavy (non-hydrogen) atoms. The number of ether oxygens (including phenoxy) is 2. The summed E-state index contributed by atoms with van der Waals surface area (Å²) in [5.41, 5.74) is 1.74. The Labute approximate surface area is 168 Å². The van der Waals surface area contributed by atoms with Crippen molar-refractivity contribution in [3.63, 3.8) is 0 Å². The Bertz CT molecular complexity index is 825. The van der Waals surface area contributed by atoms with Crippen LogP contribution in [0.5, 0.6) is 5.75 Å². The quantitative estimate of drug-likeness (QED) is 0.684. The summed E-state index contributed by atoms with van der Waals surface area (Å²) < 4.78 is 10.5. The van der Waals surface area contributed by atoms with E-state index in [1.807, 2.05) is 19.1 Å². The van der Waals surface area contributed by atoms with Gasteiger partial charge in [-0.2, -0.15) is 0 Å². The molecule has 0 radical (unpaired) electrons. The van der Waals surface area contributed by atoms with Crippen LogP contribution in [0.1, 0.15) is 31.0 Å². The molecule has 0 bridgehead atoms. The van der Waals surface area contributed by atoms with Crippen molar-refractivity contribution in [2.75, 3.05) is 6.61 Å². The molecule has 0 aliphatic heterocycles. The Balaban J connectivity index is 1.84. The Hall–Kier alpha value is -2.24. The summed E-state index contributed by atoms with van der Waals surface area (Å²) >= 11 is 12.0. The van der Waals surface area contributed by atoms with Crippen LogP contribution in [0.25, 0.3) is 0 Å². The number of esters is 1. The third kappa shape index (κ3) is 6.45. The number of benzene rings is 2. The van der Waals surface area contributed by atoms with Gasteiger partial charge in [-0.3, -0.25) is 4.79 Å². The highest BCUT2D eigenvalue weighted by Gasteiger charge is 2.21. The van der Waals surface area contributed by atoms with Gasteiger partial charge in [-0.25, -0.2) is 4.79 Å². The minimum atomic E-state index is -0.966. The lowest BCUT2D eigenvalue weighted by molar-refractivity contribution is -0.156. The fraction of sp³-hybridized carbons (Fsp3) is 0.300. The summed E-state index contributed by atoms with van der Waals surface area (Å²) in [5.74, 6) is -0.496. The molecule has 0 aliphatic carbocycles. The third-order valence-electron chi connectivity index (χ3n) is 3.81. The highest BCUT2D eigenvalue weighted by Crippen LogP contribution is 2.26. The summed E-state index contributed by atoms with van der Waals surface area (Å²) in [4.78, 5) is 24.2. The van der Waals surface area contributed by atoms with Crippen LogP contribution in [-0.2, 0) is 14.3 Å². The predicted octanol–water partition coefficient (Wildman–Crippen LogP) is 4.49. The molecule has 0 fully saturated rings. The first-order chi connectivity index (χ1) is 12.8. The van der Waals surface area contributed by atoms with Crippen LogP contribution in [0.2, 0.25) is 10.0 Å². The van der Waals surface area contributed by atoms with Crippen molar-refractivity contribution in [3.05, 3.63) is 63.6 Å². The molecule has 144 valence electrons.